The Kier molecular flexibility index (Phi) is 4.23. The van der Waals surface area contributed by atoms with Gasteiger partial charge in [0.15, 0.2) is 0 Å². The molecule has 0 saturated heterocycles. The number of rotatable bonds is 2. The summed E-state index contributed by atoms with van der Waals surface area (Å²) >= 11 is 0. The number of hydrogen-bond donors (Lipinski definition) is 0. The van der Waals surface area contributed by atoms with Gasteiger partial charge in [-0.15, -0.1) is 0 Å². The summed E-state index contributed by atoms with van der Waals surface area (Å²) in [5.74, 6) is -0.336. The van der Waals surface area contributed by atoms with E-state index in [0.717, 1.165) is 5.56 Å². The van der Waals surface area contributed by atoms with Crippen LogP contribution in [0.1, 0.15) is 37.5 Å². The number of benzene rings is 2. The summed E-state index contributed by atoms with van der Waals surface area (Å²) in [5.41, 5.74) is 3.33. The molecule has 0 N–H and O–H groups in total. The highest BCUT2D eigenvalue weighted by atomic mass is 19.1. The number of nitriles is 1. The molecule has 1 nitrogen and oxygen atoms in total. The number of halogens is 1. The van der Waals surface area contributed by atoms with Crippen molar-refractivity contribution in [2.45, 2.75) is 26.2 Å². The molecule has 0 saturated carbocycles. The molecular weight excluding hydrogens is 261 g/mol. The molecule has 0 aliphatic heterocycles. The highest BCUT2D eigenvalue weighted by Gasteiger charge is 2.12. The smallest absolute Gasteiger partial charge is 0.123 e. The van der Waals surface area contributed by atoms with Gasteiger partial charge in [-0.1, -0.05) is 57.2 Å². The van der Waals surface area contributed by atoms with Crippen molar-refractivity contribution in [2.24, 2.45) is 0 Å². The van der Waals surface area contributed by atoms with Gasteiger partial charge in [-0.3, -0.25) is 0 Å². The first kappa shape index (κ1) is 15.0. The first-order valence-electron chi connectivity index (χ1n) is 6.88. The lowest BCUT2D eigenvalue weighted by atomic mass is 9.86. The van der Waals surface area contributed by atoms with Crippen molar-refractivity contribution in [1.29, 1.82) is 5.26 Å². The van der Waals surface area contributed by atoms with E-state index in [-0.39, 0.29) is 11.2 Å². The molecule has 2 heteroatoms. The zero-order chi connectivity index (χ0) is 15.5. The third kappa shape index (κ3) is 3.79. The molecule has 0 bridgehead atoms. The molecule has 0 aliphatic rings. The molecule has 2 rings (SSSR count). The van der Waals surface area contributed by atoms with Crippen LogP contribution in [0.3, 0.4) is 0 Å². The lowest BCUT2D eigenvalue weighted by molar-refractivity contribution is 0.590. The van der Waals surface area contributed by atoms with Crippen molar-refractivity contribution in [3.05, 3.63) is 71.0 Å². The van der Waals surface area contributed by atoms with Gasteiger partial charge in [0.05, 0.1) is 11.6 Å². The Hall–Kier alpha value is -2.40. The normalized spacial score (nSPS) is 12.0. The van der Waals surface area contributed by atoms with Crippen LogP contribution >= 0.6 is 0 Å². The Morgan fingerprint density at radius 1 is 1.10 bits per heavy atom. The Morgan fingerprint density at radius 3 is 2.29 bits per heavy atom. The number of allylic oxidation sites excluding steroid dienone is 1. The largest absolute Gasteiger partial charge is 0.207 e. The van der Waals surface area contributed by atoms with E-state index in [0.29, 0.717) is 11.1 Å². The predicted octanol–water partition coefficient (Wildman–Crippen LogP) is 5.19. The maximum Gasteiger partial charge on any atom is 0.123 e. The van der Waals surface area contributed by atoms with E-state index in [1.807, 2.05) is 12.1 Å². The van der Waals surface area contributed by atoms with Crippen molar-refractivity contribution in [3.8, 4) is 6.07 Å². The molecule has 0 amide bonds. The molecule has 0 aliphatic carbocycles. The third-order valence-corrected chi connectivity index (χ3v) is 3.34. The molecule has 0 spiro atoms. The van der Waals surface area contributed by atoms with Gasteiger partial charge in [0.25, 0.3) is 0 Å². The molecule has 2 aromatic rings. The van der Waals surface area contributed by atoms with Crippen LogP contribution < -0.4 is 0 Å². The van der Waals surface area contributed by atoms with Gasteiger partial charge in [0.1, 0.15) is 5.82 Å². The van der Waals surface area contributed by atoms with Crippen molar-refractivity contribution in [2.75, 3.05) is 0 Å². The van der Waals surface area contributed by atoms with E-state index in [1.165, 1.54) is 17.7 Å². The number of nitrogens with zero attached hydrogens (tertiary/aromatic N) is 1. The standard InChI is InChI=1S/C19H18FN/c1-19(2,3)17-9-7-14(8-10-17)11-16(13-21)15-5-4-6-18(20)12-15/h4-12H,1-3H3/b16-11-. The van der Waals surface area contributed by atoms with Gasteiger partial charge in [0.2, 0.25) is 0 Å². The average molecular weight is 279 g/mol. The molecule has 0 atom stereocenters. The topological polar surface area (TPSA) is 23.8 Å². The highest BCUT2D eigenvalue weighted by Crippen LogP contribution is 2.24. The maximum absolute atomic E-state index is 13.3. The second kappa shape index (κ2) is 5.93. The van der Waals surface area contributed by atoms with Gasteiger partial charge in [-0.2, -0.15) is 5.26 Å². The molecular formula is C19H18FN. The zero-order valence-corrected chi connectivity index (χ0v) is 12.5. The van der Waals surface area contributed by atoms with Crippen LogP contribution in [-0.4, -0.2) is 0 Å². The second-order valence-corrected chi connectivity index (χ2v) is 6.05. The predicted molar refractivity (Wildman–Crippen MR) is 85.0 cm³/mol. The first-order valence-corrected chi connectivity index (χ1v) is 6.88. The number of hydrogen-bond acceptors (Lipinski definition) is 1. The lowest BCUT2D eigenvalue weighted by Gasteiger charge is -2.18. The molecule has 0 unspecified atom stereocenters. The summed E-state index contributed by atoms with van der Waals surface area (Å²) in [4.78, 5) is 0. The maximum atomic E-state index is 13.3. The van der Waals surface area contributed by atoms with Crippen LogP contribution in [0.15, 0.2) is 48.5 Å². The van der Waals surface area contributed by atoms with Crippen LogP contribution in [0.5, 0.6) is 0 Å². The summed E-state index contributed by atoms with van der Waals surface area (Å²) in [6, 6.07) is 16.3. The molecule has 0 radical (unpaired) electrons. The minimum atomic E-state index is -0.336. The average Bonchev–Trinajstić information content (AvgIpc) is 2.44. The van der Waals surface area contributed by atoms with Gasteiger partial charge in [-0.25, -0.2) is 4.39 Å². The van der Waals surface area contributed by atoms with E-state index in [2.05, 4.69) is 39.0 Å². The SMILES string of the molecule is CC(C)(C)c1ccc(/C=C(/C#N)c2cccc(F)c2)cc1. The third-order valence-electron chi connectivity index (χ3n) is 3.34. The highest BCUT2D eigenvalue weighted by molar-refractivity contribution is 5.89. The van der Waals surface area contributed by atoms with Gasteiger partial charge in [0, 0.05) is 0 Å². The van der Waals surface area contributed by atoms with Crippen molar-refractivity contribution in [1.82, 2.24) is 0 Å². The molecule has 0 aromatic heterocycles. The van der Waals surface area contributed by atoms with E-state index >= 15 is 0 Å². The first-order chi connectivity index (χ1) is 9.90. The van der Waals surface area contributed by atoms with Gasteiger partial charge >= 0.3 is 0 Å². The Bertz CT molecular complexity index is 698. The second-order valence-electron chi connectivity index (χ2n) is 6.05. The fourth-order valence-corrected chi connectivity index (χ4v) is 2.08. The van der Waals surface area contributed by atoms with E-state index in [9.17, 15) is 9.65 Å². The van der Waals surface area contributed by atoms with Crippen molar-refractivity contribution >= 4 is 11.6 Å². The summed E-state index contributed by atoms with van der Waals surface area (Å²) in [5, 5.41) is 9.27. The van der Waals surface area contributed by atoms with Gasteiger partial charge in [-0.05, 0) is 40.3 Å². The minimum absolute atomic E-state index is 0.100. The van der Waals surface area contributed by atoms with Crippen molar-refractivity contribution in [3.63, 3.8) is 0 Å². The molecule has 0 heterocycles. The minimum Gasteiger partial charge on any atom is -0.207 e. The summed E-state index contributed by atoms with van der Waals surface area (Å²) in [6.45, 7) is 6.47. The van der Waals surface area contributed by atoms with Crippen LogP contribution in [0.4, 0.5) is 4.39 Å². The molecule has 106 valence electrons. The van der Waals surface area contributed by atoms with Crippen LogP contribution in [0.2, 0.25) is 0 Å². The lowest BCUT2D eigenvalue weighted by Crippen LogP contribution is -2.10. The van der Waals surface area contributed by atoms with E-state index in [4.69, 9.17) is 0 Å². The van der Waals surface area contributed by atoms with Crippen LogP contribution in [-0.2, 0) is 5.41 Å². The molecule has 2 aromatic carbocycles. The van der Waals surface area contributed by atoms with Crippen LogP contribution in [0.25, 0.3) is 11.6 Å². The Morgan fingerprint density at radius 2 is 1.76 bits per heavy atom. The fourth-order valence-electron chi connectivity index (χ4n) is 2.08. The summed E-state index contributed by atoms with van der Waals surface area (Å²) in [7, 11) is 0. The fraction of sp³-hybridized carbons (Fsp3) is 0.211. The molecule has 21 heavy (non-hydrogen) atoms. The molecule has 0 fully saturated rings. The monoisotopic (exact) mass is 279 g/mol. The van der Waals surface area contributed by atoms with Crippen LogP contribution in [0, 0.1) is 17.1 Å². The van der Waals surface area contributed by atoms with Gasteiger partial charge < -0.3 is 0 Å². The van der Waals surface area contributed by atoms with E-state index in [1.54, 1.807) is 18.2 Å². The Labute approximate surface area is 125 Å². The Balaban J connectivity index is 2.35. The quantitative estimate of drug-likeness (QED) is 0.548. The summed E-state index contributed by atoms with van der Waals surface area (Å²) < 4.78 is 13.3. The van der Waals surface area contributed by atoms with Crippen molar-refractivity contribution < 1.29 is 4.39 Å². The summed E-state index contributed by atoms with van der Waals surface area (Å²) in [6.07, 6.45) is 1.78. The zero-order valence-electron chi connectivity index (χ0n) is 12.5. The van der Waals surface area contributed by atoms with E-state index < -0.39 is 0 Å².